The van der Waals surface area contributed by atoms with E-state index in [0.29, 0.717) is 53.0 Å². The highest BCUT2D eigenvalue weighted by molar-refractivity contribution is 6.32. The van der Waals surface area contributed by atoms with Crippen molar-refractivity contribution in [1.82, 2.24) is 16.1 Å². The first kappa shape index (κ1) is 36.4. The highest BCUT2D eigenvalue weighted by atomic mass is 35.5. The maximum absolute atomic E-state index is 12.5. The van der Waals surface area contributed by atoms with E-state index in [9.17, 15) is 19.5 Å². The van der Waals surface area contributed by atoms with Crippen LogP contribution >= 0.6 is 11.6 Å². The van der Waals surface area contributed by atoms with Crippen LogP contribution in [0, 0.1) is 0 Å². The molecule has 15 heteroatoms. The summed E-state index contributed by atoms with van der Waals surface area (Å²) in [5, 5.41) is 29.3. The van der Waals surface area contributed by atoms with Gasteiger partial charge in [0.1, 0.15) is 13.2 Å². The van der Waals surface area contributed by atoms with E-state index >= 15 is 0 Å². The van der Waals surface area contributed by atoms with Crippen molar-refractivity contribution in [3.8, 4) is 23.0 Å². The van der Waals surface area contributed by atoms with Gasteiger partial charge in [-0.15, -0.1) is 0 Å². The van der Waals surface area contributed by atoms with Crippen molar-refractivity contribution < 1.29 is 48.3 Å². The molecule has 260 valence electrons. The summed E-state index contributed by atoms with van der Waals surface area (Å²) in [5.41, 5.74) is 5.24. The maximum Gasteiger partial charge on any atom is 0.337 e. The smallest absolute Gasteiger partial charge is 0.337 e. The summed E-state index contributed by atoms with van der Waals surface area (Å²) >= 11 is 6.51. The van der Waals surface area contributed by atoms with Crippen molar-refractivity contribution in [3.63, 3.8) is 0 Å². The van der Waals surface area contributed by atoms with Crippen molar-refractivity contribution in [2.24, 2.45) is 5.10 Å². The number of nitrogens with zero attached hydrogens (tertiary/aromatic N) is 1. The van der Waals surface area contributed by atoms with Gasteiger partial charge in [-0.25, -0.2) is 14.4 Å². The van der Waals surface area contributed by atoms with Crippen molar-refractivity contribution >= 4 is 35.8 Å². The molecule has 3 aromatic carbocycles. The first-order valence-corrected chi connectivity index (χ1v) is 15.6. The van der Waals surface area contributed by atoms with Crippen molar-refractivity contribution in [2.75, 3.05) is 26.9 Å². The number of carbonyl (C=O) groups is 3. The molecular weight excluding hydrogens is 660 g/mol. The summed E-state index contributed by atoms with van der Waals surface area (Å²) in [6.45, 7) is 5.79. The first-order chi connectivity index (χ1) is 23.5. The Bertz CT molecular complexity index is 1730. The summed E-state index contributed by atoms with van der Waals surface area (Å²) in [6, 6.07) is 13.3. The number of allylic oxidation sites excluding steroid dienone is 1. The summed E-state index contributed by atoms with van der Waals surface area (Å²) in [5.74, 6) is -0.261. The van der Waals surface area contributed by atoms with Crippen molar-refractivity contribution in [2.45, 2.75) is 39.6 Å². The van der Waals surface area contributed by atoms with Gasteiger partial charge in [0.25, 0.3) is 0 Å². The van der Waals surface area contributed by atoms with Crippen LogP contribution in [0.1, 0.15) is 53.9 Å². The molecule has 5 N–H and O–H groups in total. The number of ether oxygens (including phenoxy) is 5. The third-order valence-electron chi connectivity index (χ3n) is 7.03. The van der Waals surface area contributed by atoms with Crippen LogP contribution in [0.4, 0.5) is 4.79 Å². The molecule has 0 bridgehead atoms. The summed E-state index contributed by atoms with van der Waals surface area (Å²) < 4.78 is 28.1. The number of benzene rings is 3. The Morgan fingerprint density at radius 3 is 2.39 bits per heavy atom. The van der Waals surface area contributed by atoms with Gasteiger partial charge in [-0.05, 0) is 73.9 Å². The van der Waals surface area contributed by atoms with Crippen LogP contribution in [-0.4, -0.2) is 67.6 Å². The number of rotatable bonds is 16. The number of halogens is 1. The number of amides is 2. The number of urea groups is 1. The zero-order valence-corrected chi connectivity index (χ0v) is 28.0. The van der Waals surface area contributed by atoms with E-state index in [4.69, 9.17) is 40.4 Å². The monoisotopic (exact) mass is 696 g/mol. The van der Waals surface area contributed by atoms with Crippen LogP contribution in [0.25, 0.3) is 0 Å². The van der Waals surface area contributed by atoms with E-state index in [0.717, 1.165) is 5.56 Å². The number of methoxy groups -OCH3 is 1. The Morgan fingerprint density at radius 1 is 1.00 bits per heavy atom. The number of nitrogens with one attached hydrogen (secondary N) is 3. The molecule has 1 aliphatic heterocycles. The lowest BCUT2D eigenvalue weighted by molar-refractivity contribution is -0.136. The van der Waals surface area contributed by atoms with Crippen LogP contribution in [0.5, 0.6) is 23.0 Å². The second-order valence-electron chi connectivity index (χ2n) is 10.5. The van der Waals surface area contributed by atoms with Crippen LogP contribution in [0.3, 0.4) is 0 Å². The van der Waals surface area contributed by atoms with Crippen LogP contribution in [0.2, 0.25) is 5.02 Å². The quantitative estimate of drug-likeness (QED) is 0.0613. The van der Waals surface area contributed by atoms with Gasteiger partial charge in [-0.2, -0.15) is 5.10 Å². The molecule has 0 saturated carbocycles. The first-order valence-electron chi connectivity index (χ1n) is 15.2. The van der Waals surface area contributed by atoms with Crippen LogP contribution in [-0.2, 0) is 16.1 Å². The summed E-state index contributed by atoms with van der Waals surface area (Å²) in [4.78, 5) is 35.7. The highest BCUT2D eigenvalue weighted by Gasteiger charge is 2.32. The molecule has 0 radical (unpaired) electrons. The third kappa shape index (κ3) is 9.55. The van der Waals surface area contributed by atoms with E-state index in [1.165, 1.54) is 25.5 Å². The molecule has 49 heavy (non-hydrogen) atoms. The van der Waals surface area contributed by atoms with Gasteiger partial charge >= 0.3 is 18.0 Å². The number of carboxylic acids is 1. The number of hydrogen-bond donors (Lipinski definition) is 5. The Balaban J connectivity index is 1.39. The van der Waals surface area contributed by atoms with Gasteiger partial charge < -0.3 is 44.5 Å². The minimum absolute atomic E-state index is 0.133. The lowest BCUT2D eigenvalue weighted by Crippen LogP contribution is -2.45. The number of hydrogen-bond acceptors (Lipinski definition) is 11. The van der Waals surface area contributed by atoms with Crippen molar-refractivity contribution in [3.05, 3.63) is 93.1 Å². The minimum Gasteiger partial charge on any atom is -0.490 e. The zero-order valence-electron chi connectivity index (χ0n) is 27.2. The molecule has 0 aliphatic carbocycles. The zero-order chi connectivity index (χ0) is 35.5. The second kappa shape index (κ2) is 17.1. The van der Waals surface area contributed by atoms with Gasteiger partial charge in [0.2, 0.25) is 0 Å². The average Bonchev–Trinajstić information content (AvgIpc) is 3.07. The molecule has 3 aromatic rings. The van der Waals surface area contributed by atoms with E-state index < -0.39 is 30.2 Å². The maximum atomic E-state index is 12.5. The molecular formula is C34H37ClN4O10. The summed E-state index contributed by atoms with van der Waals surface area (Å²) in [6.07, 6.45) is 0.219. The minimum atomic E-state index is -1.22. The number of aliphatic hydroxyl groups excluding tert-OH is 1. The second-order valence-corrected chi connectivity index (χ2v) is 10.9. The molecule has 2 amide bonds. The predicted molar refractivity (Wildman–Crippen MR) is 179 cm³/mol. The molecule has 0 fully saturated rings. The number of carbonyl (C=O) groups excluding carboxylic acids is 2. The van der Waals surface area contributed by atoms with Crippen molar-refractivity contribution in [1.29, 1.82) is 0 Å². The third-order valence-corrected chi connectivity index (χ3v) is 7.31. The molecule has 0 spiro atoms. The van der Waals surface area contributed by atoms with Crippen LogP contribution in [0.15, 0.2) is 71.0 Å². The van der Waals surface area contributed by atoms with E-state index in [1.807, 2.05) is 6.92 Å². The number of esters is 1. The van der Waals surface area contributed by atoms with Gasteiger partial charge in [0.05, 0.1) is 48.7 Å². The normalized spacial score (nSPS) is 14.8. The molecule has 0 saturated heterocycles. The standard InChI is InChI=1S/C34H37ClN4O10/c1-5-46-26-15-23(30-29(33(43)45-4)19(3)37-34(44)38-30)11-12-25(26)48-18-28(40)39-36-16-21-13-24(35)31(27(14-21)47-6-2)49-17-20-7-9-22(10-8-20)32(41)42/h7-16,28,30,39-40H,5-6,17-18H2,1-4H3,(H,41,42)(H2,37,38,44)/b36-16-/t28-,30+/m0/s1. The average molecular weight is 697 g/mol. The Hall–Kier alpha value is -5.47. The molecule has 0 unspecified atom stereocenters. The molecule has 1 aliphatic rings. The van der Waals surface area contributed by atoms with Gasteiger partial charge in [0, 0.05) is 5.70 Å². The van der Waals surface area contributed by atoms with Gasteiger partial charge in [-0.1, -0.05) is 29.8 Å². The van der Waals surface area contributed by atoms with E-state index in [2.05, 4.69) is 21.2 Å². The number of carboxylic acid groups (broad SMARTS) is 1. The molecule has 4 rings (SSSR count). The van der Waals surface area contributed by atoms with Gasteiger partial charge in [0.15, 0.2) is 29.2 Å². The predicted octanol–water partition coefficient (Wildman–Crippen LogP) is 4.54. The lowest BCUT2D eigenvalue weighted by Gasteiger charge is -2.28. The number of aromatic carboxylic acids is 1. The summed E-state index contributed by atoms with van der Waals surface area (Å²) in [7, 11) is 1.26. The lowest BCUT2D eigenvalue weighted by atomic mass is 9.95. The fraction of sp³-hybridized carbons (Fsp3) is 0.294. The topological polar surface area (TPSA) is 186 Å². The highest BCUT2D eigenvalue weighted by Crippen LogP contribution is 2.37. The van der Waals surface area contributed by atoms with E-state index in [-0.39, 0.29) is 29.4 Å². The fourth-order valence-corrected chi connectivity index (χ4v) is 5.06. The Morgan fingerprint density at radius 2 is 1.71 bits per heavy atom. The number of hydrazone groups is 1. The van der Waals surface area contributed by atoms with Gasteiger partial charge in [-0.3, -0.25) is 5.43 Å². The SMILES string of the molecule is CCOc1cc([C@H]2NC(=O)NC(C)=C2C(=O)OC)ccc1OC[C@H](O)N/N=C\c1cc(Cl)c(OCc2ccc(C(=O)O)cc2)c(OCC)c1. The fourth-order valence-electron chi connectivity index (χ4n) is 4.78. The largest absolute Gasteiger partial charge is 0.490 e. The van der Waals surface area contributed by atoms with E-state index in [1.54, 1.807) is 56.3 Å². The number of aliphatic hydroxyl groups is 1. The molecule has 0 aromatic heterocycles. The Kier molecular flexibility index (Phi) is 12.7. The molecule has 1 heterocycles. The van der Waals surface area contributed by atoms with Crippen LogP contribution < -0.4 is 35.0 Å². The molecule has 2 atom stereocenters. The molecule has 14 nitrogen and oxygen atoms in total. The Labute approximate surface area is 287 Å².